The summed E-state index contributed by atoms with van der Waals surface area (Å²) in [6.45, 7) is 3.66. The Labute approximate surface area is 112 Å². The van der Waals surface area contributed by atoms with Crippen LogP contribution in [0.2, 0.25) is 0 Å². The van der Waals surface area contributed by atoms with E-state index in [0.717, 1.165) is 5.56 Å². The summed E-state index contributed by atoms with van der Waals surface area (Å²) in [5.74, 6) is -1.39. The number of likely N-dealkylation sites (tertiary alicyclic amines) is 1. The van der Waals surface area contributed by atoms with Gasteiger partial charge < -0.3 is 0 Å². The van der Waals surface area contributed by atoms with Gasteiger partial charge in [-0.1, -0.05) is 44.2 Å². The lowest BCUT2D eigenvalue weighted by Gasteiger charge is -2.18. The molecule has 1 saturated heterocycles. The van der Waals surface area contributed by atoms with E-state index in [0.29, 0.717) is 0 Å². The first-order valence-corrected chi connectivity index (χ1v) is 6.36. The Morgan fingerprint density at radius 1 is 1.16 bits per heavy atom. The molecule has 3 unspecified atom stereocenters. The summed E-state index contributed by atoms with van der Waals surface area (Å²) in [7, 11) is 0. The molecule has 0 aliphatic carbocycles. The van der Waals surface area contributed by atoms with E-state index in [9.17, 15) is 14.9 Å². The minimum atomic E-state index is -0.466. The molecule has 2 rings (SSSR count). The van der Waals surface area contributed by atoms with Crippen molar-refractivity contribution in [2.24, 2.45) is 11.8 Å². The maximum Gasteiger partial charge on any atom is 0.232 e. The van der Waals surface area contributed by atoms with Gasteiger partial charge in [0, 0.05) is 18.4 Å². The molecule has 0 bridgehead atoms. The Kier molecular flexibility index (Phi) is 3.66. The van der Waals surface area contributed by atoms with Crippen LogP contribution < -0.4 is 0 Å². The van der Waals surface area contributed by atoms with Gasteiger partial charge in [-0.05, 0) is 5.56 Å². The molecular weight excluding hydrogens is 240 g/mol. The van der Waals surface area contributed by atoms with E-state index >= 15 is 0 Å². The third-order valence-electron chi connectivity index (χ3n) is 3.78. The van der Waals surface area contributed by atoms with Gasteiger partial charge in [-0.15, -0.1) is 0 Å². The van der Waals surface area contributed by atoms with Gasteiger partial charge in [0.2, 0.25) is 11.8 Å². The minimum Gasteiger partial charge on any atom is -0.280 e. The van der Waals surface area contributed by atoms with Gasteiger partial charge in [0.05, 0.1) is 12.0 Å². The Hall–Kier alpha value is -2.15. The summed E-state index contributed by atoms with van der Waals surface area (Å²) in [6.07, 6.45) is 0. The Morgan fingerprint density at radius 3 is 2.16 bits per heavy atom. The van der Waals surface area contributed by atoms with Gasteiger partial charge >= 0.3 is 0 Å². The zero-order valence-corrected chi connectivity index (χ0v) is 11.0. The van der Waals surface area contributed by atoms with Crippen molar-refractivity contribution in [1.82, 2.24) is 4.90 Å². The molecule has 0 saturated carbocycles. The number of hydrogen-bond acceptors (Lipinski definition) is 3. The van der Waals surface area contributed by atoms with Gasteiger partial charge in [-0.25, -0.2) is 0 Å². The lowest BCUT2D eigenvalue weighted by Crippen LogP contribution is -2.34. The summed E-state index contributed by atoms with van der Waals surface area (Å²) in [5, 5.41) is 9.24. The van der Waals surface area contributed by atoms with E-state index in [4.69, 9.17) is 0 Å². The molecule has 0 spiro atoms. The van der Waals surface area contributed by atoms with Crippen LogP contribution >= 0.6 is 0 Å². The summed E-state index contributed by atoms with van der Waals surface area (Å²) in [5.41, 5.74) is 0.831. The highest BCUT2D eigenvalue weighted by Gasteiger charge is 2.42. The maximum atomic E-state index is 12.0. The van der Waals surface area contributed by atoms with Crippen molar-refractivity contribution in [1.29, 1.82) is 5.26 Å². The van der Waals surface area contributed by atoms with Gasteiger partial charge in [0.15, 0.2) is 0 Å². The quantitative estimate of drug-likeness (QED) is 0.776. The number of benzene rings is 1. The van der Waals surface area contributed by atoms with Crippen LogP contribution in [0.3, 0.4) is 0 Å². The van der Waals surface area contributed by atoms with Crippen molar-refractivity contribution in [3.63, 3.8) is 0 Å². The monoisotopic (exact) mass is 256 g/mol. The van der Waals surface area contributed by atoms with E-state index in [-0.39, 0.29) is 30.2 Å². The molecule has 1 aliphatic rings. The maximum absolute atomic E-state index is 12.0. The predicted octanol–water partition coefficient (Wildman–Crippen LogP) is 1.93. The SMILES string of the molecule is CC1C(=O)N(CC(C#N)c2ccccc2)C(=O)C1C. The third-order valence-corrected chi connectivity index (χ3v) is 3.78. The standard InChI is InChI=1S/C15H16N2O2/c1-10-11(2)15(19)17(14(10)18)9-13(8-16)12-6-4-3-5-7-12/h3-7,10-11,13H,9H2,1-2H3. The van der Waals surface area contributed by atoms with Crippen LogP contribution in [-0.2, 0) is 9.59 Å². The molecule has 3 atom stereocenters. The summed E-state index contributed by atoms with van der Waals surface area (Å²) >= 11 is 0. The molecular formula is C15H16N2O2. The van der Waals surface area contributed by atoms with Crippen molar-refractivity contribution in [2.75, 3.05) is 6.54 Å². The highest BCUT2D eigenvalue weighted by molar-refractivity contribution is 6.04. The molecule has 1 aromatic carbocycles. The molecule has 98 valence electrons. The number of amides is 2. The first kappa shape index (κ1) is 13.3. The van der Waals surface area contributed by atoms with Crippen LogP contribution in [0.4, 0.5) is 0 Å². The van der Waals surface area contributed by atoms with Crippen LogP contribution in [-0.4, -0.2) is 23.3 Å². The zero-order chi connectivity index (χ0) is 14.0. The zero-order valence-electron chi connectivity index (χ0n) is 11.0. The van der Waals surface area contributed by atoms with E-state index in [1.165, 1.54) is 4.90 Å². The lowest BCUT2D eigenvalue weighted by atomic mass is 10.00. The summed E-state index contributed by atoms with van der Waals surface area (Å²) in [4.78, 5) is 25.2. The number of nitrogens with zero attached hydrogens (tertiary/aromatic N) is 2. The highest BCUT2D eigenvalue weighted by Crippen LogP contribution is 2.28. The van der Waals surface area contributed by atoms with E-state index < -0.39 is 5.92 Å². The van der Waals surface area contributed by atoms with Crippen molar-refractivity contribution in [3.05, 3.63) is 35.9 Å². The first-order valence-electron chi connectivity index (χ1n) is 6.36. The molecule has 0 aromatic heterocycles. The summed E-state index contributed by atoms with van der Waals surface area (Å²) < 4.78 is 0. The van der Waals surface area contributed by atoms with Crippen LogP contribution in [0.25, 0.3) is 0 Å². The number of carbonyl (C=O) groups is 2. The molecule has 4 heteroatoms. The molecule has 2 amide bonds. The fourth-order valence-electron chi connectivity index (χ4n) is 2.30. The van der Waals surface area contributed by atoms with E-state index in [1.54, 1.807) is 13.8 Å². The van der Waals surface area contributed by atoms with Crippen molar-refractivity contribution in [2.45, 2.75) is 19.8 Å². The smallest absolute Gasteiger partial charge is 0.232 e. The number of carbonyl (C=O) groups excluding carboxylic acids is 2. The molecule has 0 N–H and O–H groups in total. The van der Waals surface area contributed by atoms with Crippen LogP contribution in [0, 0.1) is 23.2 Å². The topological polar surface area (TPSA) is 61.2 Å². The van der Waals surface area contributed by atoms with E-state index in [1.807, 2.05) is 30.3 Å². The van der Waals surface area contributed by atoms with Gasteiger partial charge in [-0.2, -0.15) is 5.26 Å². The average Bonchev–Trinajstić information content (AvgIpc) is 2.62. The van der Waals surface area contributed by atoms with E-state index in [2.05, 4.69) is 6.07 Å². The fraction of sp³-hybridized carbons (Fsp3) is 0.400. The lowest BCUT2D eigenvalue weighted by molar-refractivity contribution is -0.139. The number of imide groups is 1. The normalized spacial score (nSPS) is 24.4. The van der Waals surface area contributed by atoms with Crippen molar-refractivity contribution >= 4 is 11.8 Å². The van der Waals surface area contributed by atoms with Crippen LogP contribution in [0.5, 0.6) is 0 Å². The van der Waals surface area contributed by atoms with Crippen LogP contribution in [0.15, 0.2) is 30.3 Å². The minimum absolute atomic E-state index is 0.146. The third kappa shape index (κ3) is 2.37. The Balaban J connectivity index is 2.19. The van der Waals surface area contributed by atoms with Gasteiger partial charge in [-0.3, -0.25) is 14.5 Å². The van der Waals surface area contributed by atoms with Gasteiger partial charge in [0.1, 0.15) is 0 Å². The Bertz CT molecular complexity index is 513. The number of nitriles is 1. The average molecular weight is 256 g/mol. The molecule has 19 heavy (non-hydrogen) atoms. The van der Waals surface area contributed by atoms with Crippen molar-refractivity contribution < 1.29 is 9.59 Å². The largest absolute Gasteiger partial charge is 0.280 e. The molecule has 0 radical (unpaired) electrons. The molecule has 1 aliphatic heterocycles. The summed E-state index contributed by atoms with van der Waals surface area (Å²) in [6, 6.07) is 11.4. The highest BCUT2D eigenvalue weighted by atomic mass is 16.2. The molecule has 4 nitrogen and oxygen atoms in total. The number of hydrogen-bond donors (Lipinski definition) is 0. The second kappa shape index (κ2) is 5.23. The molecule has 1 aromatic rings. The van der Waals surface area contributed by atoms with Crippen LogP contribution in [0.1, 0.15) is 25.3 Å². The first-order chi connectivity index (χ1) is 9.06. The van der Waals surface area contributed by atoms with Crippen molar-refractivity contribution in [3.8, 4) is 6.07 Å². The second-order valence-corrected chi connectivity index (χ2v) is 4.96. The second-order valence-electron chi connectivity index (χ2n) is 4.96. The molecule has 1 heterocycles. The van der Waals surface area contributed by atoms with Gasteiger partial charge in [0.25, 0.3) is 0 Å². The Morgan fingerprint density at radius 2 is 1.68 bits per heavy atom. The number of rotatable bonds is 3. The molecule has 1 fully saturated rings. The predicted molar refractivity (Wildman–Crippen MR) is 69.8 cm³/mol. The fourth-order valence-corrected chi connectivity index (χ4v) is 2.30.